The number of amides is 1. The standard InChI is InChI=1S/C17H18N4O/c1-17(2,3)16(22)20-13-7-8-14(21-11-5-10-19-21)12-6-4-9-18-15(12)13/h4-11H,1-3H3,(H,20,22). The molecule has 2 aromatic heterocycles. The zero-order chi connectivity index (χ0) is 15.7. The molecule has 0 spiro atoms. The molecule has 112 valence electrons. The van der Waals surface area contributed by atoms with Crippen molar-refractivity contribution in [2.75, 3.05) is 5.32 Å². The van der Waals surface area contributed by atoms with Gasteiger partial charge in [0.25, 0.3) is 0 Å². The largest absolute Gasteiger partial charge is 0.324 e. The summed E-state index contributed by atoms with van der Waals surface area (Å²) in [4.78, 5) is 16.7. The molecule has 0 aliphatic heterocycles. The summed E-state index contributed by atoms with van der Waals surface area (Å²) in [7, 11) is 0. The lowest BCUT2D eigenvalue weighted by Gasteiger charge is -2.19. The highest BCUT2D eigenvalue weighted by Gasteiger charge is 2.22. The monoisotopic (exact) mass is 294 g/mol. The van der Waals surface area contributed by atoms with Gasteiger partial charge in [0.1, 0.15) is 0 Å². The number of nitrogens with zero attached hydrogens (tertiary/aromatic N) is 3. The second-order valence-electron chi connectivity index (χ2n) is 6.19. The van der Waals surface area contributed by atoms with Gasteiger partial charge in [-0.15, -0.1) is 0 Å². The average Bonchev–Trinajstić information content (AvgIpc) is 3.00. The molecule has 22 heavy (non-hydrogen) atoms. The van der Waals surface area contributed by atoms with Gasteiger partial charge in [0.2, 0.25) is 5.91 Å². The van der Waals surface area contributed by atoms with Crippen LogP contribution in [0.2, 0.25) is 0 Å². The highest BCUT2D eigenvalue weighted by atomic mass is 16.2. The lowest BCUT2D eigenvalue weighted by Crippen LogP contribution is -2.27. The second kappa shape index (κ2) is 5.26. The number of pyridine rings is 1. The van der Waals surface area contributed by atoms with E-state index in [0.29, 0.717) is 5.69 Å². The van der Waals surface area contributed by atoms with Crippen molar-refractivity contribution in [3.8, 4) is 5.69 Å². The maximum Gasteiger partial charge on any atom is 0.229 e. The van der Waals surface area contributed by atoms with E-state index in [1.165, 1.54) is 0 Å². The van der Waals surface area contributed by atoms with Gasteiger partial charge in [-0.25, -0.2) is 4.68 Å². The van der Waals surface area contributed by atoms with Crippen LogP contribution in [0.1, 0.15) is 20.8 Å². The van der Waals surface area contributed by atoms with Crippen LogP contribution in [0, 0.1) is 5.41 Å². The van der Waals surface area contributed by atoms with Gasteiger partial charge in [-0.2, -0.15) is 5.10 Å². The zero-order valence-corrected chi connectivity index (χ0v) is 12.9. The van der Waals surface area contributed by atoms with E-state index < -0.39 is 5.41 Å². The molecular formula is C17H18N4O. The minimum absolute atomic E-state index is 0.0358. The van der Waals surface area contributed by atoms with Crippen molar-refractivity contribution in [1.82, 2.24) is 14.8 Å². The third kappa shape index (κ3) is 2.57. The number of fused-ring (bicyclic) bond motifs is 1. The number of rotatable bonds is 2. The summed E-state index contributed by atoms with van der Waals surface area (Å²) >= 11 is 0. The third-order valence-electron chi connectivity index (χ3n) is 3.43. The van der Waals surface area contributed by atoms with Gasteiger partial charge >= 0.3 is 0 Å². The normalized spacial score (nSPS) is 11.6. The van der Waals surface area contributed by atoms with E-state index in [1.54, 1.807) is 17.1 Å². The Kier molecular flexibility index (Phi) is 3.41. The van der Waals surface area contributed by atoms with Gasteiger partial charge in [0, 0.05) is 29.4 Å². The molecule has 0 aliphatic carbocycles. The Morgan fingerprint density at radius 2 is 1.95 bits per heavy atom. The highest BCUT2D eigenvalue weighted by molar-refractivity contribution is 6.04. The molecule has 0 aliphatic rings. The molecule has 5 nitrogen and oxygen atoms in total. The lowest BCUT2D eigenvalue weighted by molar-refractivity contribution is -0.123. The van der Waals surface area contributed by atoms with Crippen LogP contribution in [0.3, 0.4) is 0 Å². The first kappa shape index (κ1) is 14.3. The predicted molar refractivity (Wildman–Crippen MR) is 86.9 cm³/mol. The summed E-state index contributed by atoms with van der Waals surface area (Å²) in [5.41, 5.74) is 1.95. The quantitative estimate of drug-likeness (QED) is 0.788. The van der Waals surface area contributed by atoms with E-state index in [4.69, 9.17) is 0 Å². The molecule has 2 heterocycles. The smallest absolute Gasteiger partial charge is 0.229 e. The average molecular weight is 294 g/mol. The van der Waals surface area contributed by atoms with Gasteiger partial charge in [-0.05, 0) is 30.3 Å². The molecule has 0 saturated carbocycles. The first-order valence-electron chi connectivity index (χ1n) is 7.16. The number of hydrogen-bond donors (Lipinski definition) is 1. The Bertz CT molecular complexity index is 816. The Labute approximate surface area is 129 Å². The summed E-state index contributed by atoms with van der Waals surface area (Å²) in [6, 6.07) is 9.54. The van der Waals surface area contributed by atoms with Crippen molar-refractivity contribution >= 4 is 22.5 Å². The molecule has 1 N–H and O–H groups in total. The molecule has 0 unspecified atom stereocenters. The summed E-state index contributed by atoms with van der Waals surface area (Å²) < 4.78 is 1.79. The molecule has 0 bridgehead atoms. The van der Waals surface area contributed by atoms with E-state index in [2.05, 4.69) is 15.4 Å². The number of nitrogens with one attached hydrogen (secondary N) is 1. The van der Waals surface area contributed by atoms with Gasteiger partial charge in [-0.3, -0.25) is 9.78 Å². The van der Waals surface area contributed by atoms with Crippen LogP contribution in [-0.2, 0) is 4.79 Å². The van der Waals surface area contributed by atoms with E-state index in [9.17, 15) is 4.79 Å². The van der Waals surface area contributed by atoms with Crippen molar-refractivity contribution in [3.63, 3.8) is 0 Å². The predicted octanol–water partition coefficient (Wildman–Crippen LogP) is 3.41. The number of aromatic nitrogens is 3. The minimum Gasteiger partial charge on any atom is -0.324 e. The number of carbonyl (C=O) groups is 1. The Balaban J connectivity index is 2.11. The summed E-state index contributed by atoms with van der Waals surface area (Å²) in [5, 5.41) is 8.18. The highest BCUT2D eigenvalue weighted by Crippen LogP contribution is 2.28. The molecule has 0 fully saturated rings. The van der Waals surface area contributed by atoms with Gasteiger partial charge in [0.15, 0.2) is 0 Å². The summed E-state index contributed by atoms with van der Waals surface area (Å²) in [5.74, 6) is -0.0358. The van der Waals surface area contributed by atoms with E-state index in [-0.39, 0.29) is 5.91 Å². The maximum atomic E-state index is 12.2. The van der Waals surface area contributed by atoms with E-state index >= 15 is 0 Å². The molecular weight excluding hydrogens is 276 g/mol. The van der Waals surface area contributed by atoms with E-state index in [1.807, 2.05) is 57.3 Å². The Morgan fingerprint density at radius 1 is 1.14 bits per heavy atom. The van der Waals surface area contributed by atoms with Crippen molar-refractivity contribution in [1.29, 1.82) is 0 Å². The number of anilines is 1. The minimum atomic E-state index is -0.457. The third-order valence-corrected chi connectivity index (χ3v) is 3.43. The molecule has 0 radical (unpaired) electrons. The molecule has 0 saturated heterocycles. The van der Waals surface area contributed by atoms with Crippen molar-refractivity contribution in [2.24, 2.45) is 5.41 Å². The number of hydrogen-bond acceptors (Lipinski definition) is 3. The van der Waals surface area contributed by atoms with Gasteiger partial charge in [-0.1, -0.05) is 20.8 Å². The van der Waals surface area contributed by atoms with Crippen molar-refractivity contribution in [2.45, 2.75) is 20.8 Å². The topological polar surface area (TPSA) is 59.8 Å². The van der Waals surface area contributed by atoms with Crippen LogP contribution in [0.15, 0.2) is 48.9 Å². The van der Waals surface area contributed by atoms with Crippen LogP contribution < -0.4 is 5.32 Å². The second-order valence-corrected chi connectivity index (χ2v) is 6.19. The van der Waals surface area contributed by atoms with Crippen LogP contribution in [-0.4, -0.2) is 20.7 Å². The molecule has 3 aromatic rings. The number of carbonyl (C=O) groups excluding carboxylic acids is 1. The first-order valence-corrected chi connectivity index (χ1v) is 7.16. The van der Waals surface area contributed by atoms with Crippen molar-refractivity contribution < 1.29 is 4.79 Å². The number of benzene rings is 1. The molecule has 5 heteroatoms. The van der Waals surface area contributed by atoms with Crippen LogP contribution >= 0.6 is 0 Å². The zero-order valence-electron chi connectivity index (χ0n) is 12.9. The summed E-state index contributed by atoms with van der Waals surface area (Å²) in [6.45, 7) is 5.65. The summed E-state index contributed by atoms with van der Waals surface area (Å²) in [6.07, 6.45) is 5.34. The van der Waals surface area contributed by atoms with Crippen LogP contribution in [0.5, 0.6) is 0 Å². The Hall–Kier alpha value is -2.69. The Morgan fingerprint density at radius 3 is 2.64 bits per heavy atom. The fraction of sp³-hybridized carbons (Fsp3) is 0.235. The SMILES string of the molecule is CC(C)(C)C(=O)Nc1ccc(-n2cccn2)c2cccnc12. The van der Waals surface area contributed by atoms with Crippen LogP contribution in [0.4, 0.5) is 5.69 Å². The molecule has 0 atom stereocenters. The first-order chi connectivity index (χ1) is 10.5. The maximum absolute atomic E-state index is 12.2. The molecule has 1 aromatic carbocycles. The molecule has 3 rings (SSSR count). The van der Waals surface area contributed by atoms with Gasteiger partial charge in [0.05, 0.1) is 16.9 Å². The molecule has 1 amide bonds. The fourth-order valence-corrected chi connectivity index (χ4v) is 2.18. The van der Waals surface area contributed by atoms with Crippen molar-refractivity contribution in [3.05, 3.63) is 48.9 Å². The fourth-order valence-electron chi connectivity index (χ4n) is 2.18. The van der Waals surface area contributed by atoms with Gasteiger partial charge < -0.3 is 5.32 Å². The lowest BCUT2D eigenvalue weighted by atomic mass is 9.95. The van der Waals surface area contributed by atoms with E-state index in [0.717, 1.165) is 16.6 Å². The van der Waals surface area contributed by atoms with Crippen LogP contribution in [0.25, 0.3) is 16.6 Å².